The minimum atomic E-state index is -1.32. The molecule has 0 aromatic heterocycles. The van der Waals surface area contributed by atoms with Crippen LogP contribution in [0.4, 0.5) is 0 Å². The van der Waals surface area contributed by atoms with E-state index in [4.69, 9.17) is 9.47 Å². The summed E-state index contributed by atoms with van der Waals surface area (Å²) in [7, 11) is 0. The molecule has 4 saturated carbocycles. The second-order valence-corrected chi connectivity index (χ2v) is 15.1. The zero-order valence-electron chi connectivity index (χ0n) is 26.4. The standard InChI is InChI=1S/C36H54O5/c1-23(2)11-9-12-24(3)29-18-19-30-27-17-16-26-13-10-21-36(40-25(4)37,35(26,6)31(27)20-22-34(29,30)5)41-33(39)28-14-7-8-15-32(28)38/h7-8,14-15,23-24,26-27,29-31,38H,9-13,16-22H2,1-6H3/t24-,26?,27+,29-,30+,31+,34-,35+,36?/m1/s1. The van der Waals surface area contributed by atoms with Crippen LogP contribution >= 0.6 is 0 Å². The molecule has 0 aliphatic heterocycles. The number of phenols is 1. The van der Waals surface area contributed by atoms with E-state index >= 15 is 0 Å². The first kappa shape index (κ1) is 30.4. The Balaban J connectivity index is 1.45. The first-order chi connectivity index (χ1) is 19.4. The monoisotopic (exact) mass is 566 g/mol. The molecule has 5 heteroatoms. The fraction of sp³-hybridized carbons (Fsp3) is 0.778. The predicted octanol–water partition coefficient (Wildman–Crippen LogP) is 8.93. The quantitative estimate of drug-likeness (QED) is 0.251. The molecular weight excluding hydrogens is 512 g/mol. The van der Waals surface area contributed by atoms with Crippen molar-refractivity contribution in [2.75, 3.05) is 0 Å². The van der Waals surface area contributed by atoms with Crippen LogP contribution in [-0.2, 0) is 14.3 Å². The van der Waals surface area contributed by atoms with Gasteiger partial charge >= 0.3 is 11.9 Å². The summed E-state index contributed by atoms with van der Waals surface area (Å²) in [5.74, 6) is 1.76. The number of phenolic OH excluding ortho intramolecular Hbond substituents is 1. The highest BCUT2D eigenvalue weighted by Gasteiger charge is 2.69. The van der Waals surface area contributed by atoms with Gasteiger partial charge in [-0.3, -0.25) is 4.79 Å². The Bertz CT molecular complexity index is 1110. The second kappa shape index (κ2) is 11.6. The number of esters is 2. The van der Waals surface area contributed by atoms with Gasteiger partial charge in [-0.1, -0.05) is 66.0 Å². The smallest absolute Gasteiger partial charge is 0.345 e. The molecule has 1 aromatic carbocycles. The number of carbonyl (C=O) groups is 2. The maximum atomic E-state index is 13.6. The molecule has 0 saturated heterocycles. The summed E-state index contributed by atoms with van der Waals surface area (Å²) >= 11 is 0. The third-order valence-electron chi connectivity index (χ3n) is 12.7. The lowest BCUT2D eigenvalue weighted by atomic mass is 9.43. The maximum Gasteiger partial charge on any atom is 0.345 e. The summed E-state index contributed by atoms with van der Waals surface area (Å²) in [6, 6.07) is 6.49. The number of para-hydroxylation sites is 1. The molecule has 5 rings (SSSR count). The lowest BCUT2D eigenvalue weighted by Crippen LogP contribution is -2.66. The summed E-state index contributed by atoms with van der Waals surface area (Å²) in [5, 5.41) is 10.4. The molecule has 9 atom stereocenters. The minimum Gasteiger partial charge on any atom is -0.507 e. The van der Waals surface area contributed by atoms with E-state index in [9.17, 15) is 14.7 Å². The van der Waals surface area contributed by atoms with Gasteiger partial charge in [0.1, 0.15) is 11.3 Å². The van der Waals surface area contributed by atoms with Crippen LogP contribution in [0.2, 0.25) is 0 Å². The Morgan fingerprint density at radius 3 is 2.39 bits per heavy atom. The van der Waals surface area contributed by atoms with Crippen LogP contribution < -0.4 is 0 Å². The van der Waals surface area contributed by atoms with Crippen LogP contribution in [-0.4, -0.2) is 22.8 Å². The van der Waals surface area contributed by atoms with E-state index < -0.39 is 23.1 Å². The fourth-order valence-corrected chi connectivity index (χ4v) is 10.8. The summed E-state index contributed by atoms with van der Waals surface area (Å²) in [6.07, 6.45) is 13.6. The molecule has 0 amide bonds. The zero-order chi connectivity index (χ0) is 29.6. The summed E-state index contributed by atoms with van der Waals surface area (Å²) in [5.41, 5.74) is 0.0214. The number of carbonyl (C=O) groups excluding carboxylic acids is 2. The van der Waals surface area contributed by atoms with Crippen LogP contribution in [0.25, 0.3) is 0 Å². The summed E-state index contributed by atoms with van der Waals surface area (Å²) in [6.45, 7) is 13.5. The zero-order valence-corrected chi connectivity index (χ0v) is 26.4. The van der Waals surface area contributed by atoms with E-state index in [2.05, 4.69) is 34.6 Å². The molecule has 4 fully saturated rings. The van der Waals surface area contributed by atoms with Crippen LogP contribution in [0.15, 0.2) is 24.3 Å². The number of hydrogen-bond acceptors (Lipinski definition) is 5. The van der Waals surface area contributed by atoms with E-state index in [1.807, 2.05) is 0 Å². The Kier molecular flexibility index (Phi) is 8.58. The summed E-state index contributed by atoms with van der Waals surface area (Å²) < 4.78 is 12.6. The SMILES string of the molecule is CC(=O)OC1(OC(=O)c2ccccc2O)CCCC2CC[C@H]3[C@@H]4CC[C@H]([C@H](C)CCCC(C)C)[C@@]4(C)CC[C@@H]3[C@]21C. The van der Waals surface area contributed by atoms with Gasteiger partial charge in [-0.05, 0) is 110 Å². The topological polar surface area (TPSA) is 72.8 Å². The van der Waals surface area contributed by atoms with Crippen molar-refractivity contribution in [3.8, 4) is 5.75 Å². The van der Waals surface area contributed by atoms with Crippen molar-refractivity contribution in [2.24, 2.45) is 52.3 Å². The molecule has 1 N–H and O–H groups in total. The van der Waals surface area contributed by atoms with Crippen LogP contribution in [0.3, 0.4) is 0 Å². The first-order valence-corrected chi connectivity index (χ1v) is 16.6. The van der Waals surface area contributed by atoms with Crippen molar-refractivity contribution >= 4 is 11.9 Å². The number of aromatic hydroxyl groups is 1. The van der Waals surface area contributed by atoms with Crippen LogP contribution in [0, 0.1) is 52.3 Å². The number of ether oxygens (including phenoxy) is 2. The lowest BCUT2D eigenvalue weighted by Gasteiger charge is -2.64. The van der Waals surface area contributed by atoms with E-state index in [1.54, 1.807) is 18.2 Å². The van der Waals surface area contributed by atoms with Crippen molar-refractivity contribution in [3.05, 3.63) is 29.8 Å². The normalized spacial score (nSPS) is 38.9. The van der Waals surface area contributed by atoms with Crippen molar-refractivity contribution in [1.29, 1.82) is 0 Å². The van der Waals surface area contributed by atoms with Gasteiger partial charge in [-0.25, -0.2) is 4.79 Å². The highest BCUT2D eigenvalue weighted by Crippen LogP contribution is 2.70. The molecule has 0 radical (unpaired) electrons. The molecule has 1 aromatic rings. The first-order valence-electron chi connectivity index (χ1n) is 16.6. The molecule has 4 aliphatic carbocycles. The highest BCUT2D eigenvalue weighted by molar-refractivity contribution is 5.92. The fourth-order valence-electron chi connectivity index (χ4n) is 10.8. The van der Waals surface area contributed by atoms with Crippen molar-refractivity contribution < 1.29 is 24.2 Å². The number of hydrogen-bond donors (Lipinski definition) is 1. The number of fused-ring (bicyclic) bond motifs is 5. The van der Waals surface area contributed by atoms with Gasteiger partial charge in [0.25, 0.3) is 5.79 Å². The number of rotatable bonds is 8. The van der Waals surface area contributed by atoms with Gasteiger partial charge in [0.2, 0.25) is 0 Å². The molecule has 4 aliphatic rings. The molecule has 228 valence electrons. The predicted molar refractivity (Wildman–Crippen MR) is 161 cm³/mol. The van der Waals surface area contributed by atoms with E-state index in [1.165, 1.54) is 57.9 Å². The van der Waals surface area contributed by atoms with Crippen LogP contribution in [0.5, 0.6) is 5.75 Å². The average molecular weight is 567 g/mol. The van der Waals surface area contributed by atoms with Crippen molar-refractivity contribution in [1.82, 2.24) is 0 Å². The van der Waals surface area contributed by atoms with Gasteiger partial charge in [0.15, 0.2) is 0 Å². The lowest BCUT2D eigenvalue weighted by molar-refractivity contribution is -0.315. The molecule has 41 heavy (non-hydrogen) atoms. The highest BCUT2D eigenvalue weighted by atomic mass is 16.7. The molecule has 2 unspecified atom stereocenters. The largest absolute Gasteiger partial charge is 0.507 e. The van der Waals surface area contributed by atoms with Gasteiger partial charge < -0.3 is 14.6 Å². The Hall–Kier alpha value is -2.04. The molecule has 0 bridgehead atoms. The maximum absolute atomic E-state index is 13.6. The van der Waals surface area contributed by atoms with Gasteiger partial charge in [0, 0.05) is 13.3 Å². The van der Waals surface area contributed by atoms with Crippen molar-refractivity contribution in [3.63, 3.8) is 0 Å². The van der Waals surface area contributed by atoms with Gasteiger partial charge in [-0.15, -0.1) is 0 Å². The Morgan fingerprint density at radius 1 is 0.927 bits per heavy atom. The molecule has 0 spiro atoms. The van der Waals surface area contributed by atoms with E-state index in [0.29, 0.717) is 35.5 Å². The Labute approximate surface area is 248 Å². The Morgan fingerprint density at radius 2 is 1.68 bits per heavy atom. The van der Waals surface area contributed by atoms with E-state index in [-0.39, 0.29) is 11.3 Å². The molecule has 0 heterocycles. The van der Waals surface area contributed by atoms with E-state index in [0.717, 1.165) is 43.4 Å². The summed E-state index contributed by atoms with van der Waals surface area (Å²) in [4.78, 5) is 26.3. The number of benzene rings is 1. The molecular formula is C36H54O5. The van der Waals surface area contributed by atoms with Crippen molar-refractivity contribution in [2.45, 2.75) is 124 Å². The third-order valence-corrected chi connectivity index (χ3v) is 12.7. The molecule has 5 nitrogen and oxygen atoms in total. The minimum absolute atomic E-state index is 0.109. The average Bonchev–Trinajstić information content (AvgIpc) is 3.26. The van der Waals surface area contributed by atoms with Crippen LogP contribution in [0.1, 0.15) is 129 Å². The second-order valence-electron chi connectivity index (χ2n) is 15.1. The van der Waals surface area contributed by atoms with Gasteiger partial charge in [-0.2, -0.15) is 0 Å². The third kappa shape index (κ3) is 5.22. The van der Waals surface area contributed by atoms with Gasteiger partial charge in [0.05, 0.1) is 5.41 Å².